The molecule has 0 aliphatic heterocycles. The van der Waals surface area contributed by atoms with Crippen LogP contribution in [0.5, 0.6) is 11.5 Å². The standard InChI is InChI=1S/C21H19Cl2FO3/c1-20(2)17(11-18(22)23)21(20,19(25)26)12-13-4-3-5-16(10-13)27-15-8-6-14(24)7-9-15/h3-11,17H,12H2,1-2H3,(H,25,26). The first-order valence-electron chi connectivity index (χ1n) is 8.45. The van der Waals surface area contributed by atoms with Crippen LogP contribution in [-0.2, 0) is 11.2 Å². The Labute approximate surface area is 167 Å². The average Bonchev–Trinajstić information content (AvgIpc) is 3.05. The minimum atomic E-state index is -0.990. The second-order valence-electron chi connectivity index (χ2n) is 7.31. The van der Waals surface area contributed by atoms with E-state index in [1.54, 1.807) is 24.3 Å². The van der Waals surface area contributed by atoms with Crippen molar-refractivity contribution in [3.63, 3.8) is 0 Å². The largest absolute Gasteiger partial charge is 0.481 e. The molecule has 3 rings (SSSR count). The molecular weight excluding hydrogens is 390 g/mol. The van der Waals surface area contributed by atoms with Gasteiger partial charge >= 0.3 is 5.97 Å². The highest BCUT2D eigenvalue weighted by molar-refractivity contribution is 6.55. The van der Waals surface area contributed by atoms with E-state index in [4.69, 9.17) is 27.9 Å². The van der Waals surface area contributed by atoms with Crippen LogP contribution in [0.25, 0.3) is 0 Å². The van der Waals surface area contributed by atoms with E-state index >= 15 is 0 Å². The zero-order valence-corrected chi connectivity index (χ0v) is 16.4. The fourth-order valence-electron chi connectivity index (χ4n) is 3.87. The predicted molar refractivity (Wildman–Crippen MR) is 104 cm³/mol. The maximum atomic E-state index is 13.0. The second kappa shape index (κ2) is 7.17. The van der Waals surface area contributed by atoms with Crippen molar-refractivity contribution in [2.24, 2.45) is 16.7 Å². The molecule has 1 N–H and O–H groups in total. The molecule has 2 unspecified atom stereocenters. The Hall–Kier alpha value is -2.04. The Morgan fingerprint density at radius 2 is 1.85 bits per heavy atom. The molecular formula is C21H19Cl2FO3. The Morgan fingerprint density at radius 3 is 2.44 bits per heavy atom. The first-order valence-corrected chi connectivity index (χ1v) is 9.21. The van der Waals surface area contributed by atoms with Gasteiger partial charge in [0, 0.05) is 5.92 Å². The van der Waals surface area contributed by atoms with Crippen molar-refractivity contribution in [2.75, 3.05) is 0 Å². The molecule has 1 aliphatic rings. The van der Waals surface area contributed by atoms with Crippen molar-refractivity contribution in [1.82, 2.24) is 0 Å². The third kappa shape index (κ3) is 3.69. The van der Waals surface area contributed by atoms with Gasteiger partial charge in [0.2, 0.25) is 0 Å². The minimum Gasteiger partial charge on any atom is -0.481 e. The predicted octanol–water partition coefficient (Wildman–Crippen LogP) is 6.21. The quantitative estimate of drug-likeness (QED) is 0.617. The van der Waals surface area contributed by atoms with E-state index < -0.39 is 16.8 Å². The summed E-state index contributed by atoms with van der Waals surface area (Å²) in [6.07, 6.45) is 1.92. The Balaban J connectivity index is 1.85. The number of hydrogen-bond acceptors (Lipinski definition) is 2. The zero-order chi connectivity index (χ0) is 19.8. The van der Waals surface area contributed by atoms with Gasteiger partial charge < -0.3 is 9.84 Å². The molecule has 1 saturated carbocycles. The van der Waals surface area contributed by atoms with Crippen LogP contribution >= 0.6 is 23.2 Å². The van der Waals surface area contributed by atoms with Gasteiger partial charge in [0.1, 0.15) is 21.8 Å². The van der Waals surface area contributed by atoms with Crippen LogP contribution in [0, 0.1) is 22.6 Å². The lowest BCUT2D eigenvalue weighted by Crippen LogP contribution is -2.24. The van der Waals surface area contributed by atoms with Crippen LogP contribution in [0.2, 0.25) is 0 Å². The number of benzene rings is 2. The van der Waals surface area contributed by atoms with Gasteiger partial charge in [-0.25, -0.2) is 4.39 Å². The molecule has 0 aromatic heterocycles. The van der Waals surface area contributed by atoms with Crippen LogP contribution in [0.4, 0.5) is 4.39 Å². The van der Waals surface area contributed by atoms with Gasteiger partial charge in [-0.3, -0.25) is 4.79 Å². The number of carboxylic acids is 1. The summed E-state index contributed by atoms with van der Waals surface area (Å²) < 4.78 is 18.8. The van der Waals surface area contributed by atoms with E-state index in [2.05, 4.69) is 0 Å². The lowest BCUT2D eigenvalue weighted by Gasteiger charge is -2.16. The second-order valence-corrected chi connectivity index (χ2v) is 8.32. The van der Waals surface area contributed by atoms with Crippen molar-refractivity contribution >= 4 is 29.2 Å². The summed E-state index contributed by atoms with van der Waals surface area (Å²) in [5.41, 5.74) is -0.648. The van der Waals surface area contributed by atoms with E-state index in [1.807, 2.05) is 19.9 Å². The first-order chi connectivity index (χ1) is 12.7. The van der Waals surface area contributed by atoms with Crippen LogP contribution in [0.3, 0.4) is 0 Å². The van der Waals surface area contributed by atoms with Gasteiger partial charge in [-0.2, -0.15) is 0 Å². The molecule has 0 amide bonds. The molecule has 6 heteroatoms. The van der Waals surface area contributed by atoms with Crippen molar-refractivity contribution in [3.8, 4) is 11.5 Å². The van der Waals surface area contributed by atoms with Gasteiger partial charge in [-0.1, -0.05) is 49.2 Å². The number of halogens is 3. The van der Waals surface area contributed by atoms with E-state index in [1.165, 1.54) is 24.3 Å². The molecule has 27 heavy (non-hydrogen) atoms. The van der Waals surface area contributed by atoms with Gasteiger partial charge in [0.05, 0.1) is 5.41 Å². The summed E-state index contributed by atoms with van der Waals surface area (Å²) in [6, 6.07) is 12.9. The monoisotopic (exact) mass is 408 g/mol. The highest BCUT2D eigenvalue weighted by Crippen LogP contribution is 2.71. The van der Waals surface area contributed by atoms with Gasteiger partial charge in [-0.05, 0) is 59.9 Å². The molecule has 2 aromatic carbocycles. The maximum absolute atomic E-state index is 13.0. The number of carboxylic acid groups (broad SMARTS) is 1. The third-order valence-electron chi connectivity index (χ3n) is 5.48. The van der Waals surface area contributed by atoms with Crippen LogP contribution in [-0.4, -0.2) is 11.1 Å². The molecule has 1 aliphatic carbocycles. The Morgan fingerprint density at radius 1 is 1.19 bits per heavy atom. The summed E-state index contributed by atoms with van der Waals surface area (Å²) in [5, 5.41) is 9.93. The Kier molecular flexibility index (Phi) is 5.24. The highest BCUT2D eigenvalue weighted by Gasteiger charge is 2.74. The van der Waals surface area contributed by atoms with E-state index in [9.17, 15) is 14.3 Å². The summed E-state index contributed by atoms with van der Waals surface area (Å²) in [6.45, 7) is 3.80. The molecule has 2 atom stereocenters. The lowest BCUT2D eigenvalue weighted by molar-refractivity contribution is -0.145. The van der Waals surface area contributed by atoms with E-state index in [0.29, 0.717) is 17.9 Å². The molecule has 0 radical (unpaired) electrons. The minimum absolute atomic E-state index is 0.0737. The Bertz CT molecular complexity index is 889. The topological polar surface area (TPSA) is 46.5 Å². The van der Waals surface area contributed by atoms with Crippen molar-refractivity contribution in [1.29, 1.82) is 0 Å². The van der Waals surface area contributed by atoms with Crippen molar-refractivity contribution < 1.29 is 19.0 Å². The summed E-state index contributed by atoms with van der Waals surface area (Å²) >= 11 is 11.6. The van der Waals surface area contributed by atoms with Crippen molar-refractivity contribution in [2.45, 2.75) is 20.3 Å². The molecule has 3 nitrogen and oxygen atoms in total. The first kappa shape index (κ1) is 19.7. The van der Waals surface area contributed by atoms with Crippen LogP contribution < -0.4 is 4.74 Å². The fourth-order valence-corrected chi connectivity index (χ4v) is 4.13. The normalized spacial score (nSPS) is 22.8. The fraction of sp³-hybridized carbons (Fsp3) is 0.286. The molecule has 0 spiro atoms. The summed E-state index contributed by atoms with van der Waals surface area (Å²) in [5.74, 6) is -0.432. The number of hydrogen-bond donors (Lipinski definition) is 1. The van der Waals surface area contributed by atoms with Gasteiger partial charge in [-0.15, -0.1) is 0 Å². The molecule has 0 saturated heterocycles. The molecule has 2 aromatic rings. The third-order valence-corrected chi connectivity index (χ3v) is 5.73. The molecule has 0 heterocycles. The van der Waals surface area contributed by atoms with Gasteiger partial charge in [0.25, 0.3) is 0 Å². The summed E-state index contributed by atoms with van der Waals surface area (Å²) in [4.78, 5) is 12.1. The van der Waals surface area contributed by atoms with Crippen LogP contribution in [0.1, 0.15) is 19.4 Å². The number of ether oxygens (including phenoxy) is 1. The number of rotatable bonds is 6. The zero-order valence-electron chi connectivity index (χ0n) is 14.9. The van der Waals surface area contributed by atoms with E-state index in [0.717, 1.165) is 5.56 Å². The lowest BCUT2D eigenvalue weighted by atomic mass is 9.88. The molecule has 0 bridgehead atoms. The van der Waals surface area contributed by atoms with Crippen LogP contribution in [0.15, 0.2) is 59.1 Å². The smallest absolute Gasteiger partial charge is 0.311 e. The number of carbonyl (C=O) groups is 1. The van der Waals surface area contributed by atoms with Gasteiger partial charge in [0.15, 0.2) is 0 Å². The summed E-state index contributed by atoms with van der Waals surface area (Å²) in [7, 11) is 0. The average molecular weight is 409 g/mol. The molecule has 1 fully saturated rings. The number of aliphatic carboxylic acids is 1. The number of allylic oxidation sites excluding steroid dienone is 1. The SMILES string of the molecule is CC1(C)C(C=C(Cl)Cl)C1(Cc1cccc(Oc2ccc(F)cc2)c1)C(=O)O. The maximum Gasteiger partial charge on any atom is 0.311 e. The van der Waals surface area contributed by atoms with Crippen molar-refractivity contribution in [3.05, 3.63) is 70.5 Å². The highest BCUT2D eigenvalue weighted by atomic mass is 35.5. The van der Waals surface area contributed by atoms with E-state index in [-0.39, 0.29) is 16.2 Å². The molecule has 142 valence electrons.